The van der Waals surface area contributed by atoms with E-state index in [9.17, 15) is 14.9 Å². The molecule has 0 aliphatic rings. The zero-order valence-electron chi connectivity index (χ0n) is 12.3. The molecule has 1 N–H and O–H groups in total. The summed E-state index contributed by atoms with van der Waals surface area (Å²) in [6.07, 6.45) is 0. The Morgan fingerprint density at radius 1 is 1.23 bits per heavy atom. The van der Waals surface area contributed by atoms with Crippen LogP contribution in [0.3, 0.4) is 0 Å². The van der Waals surface area contributed by atoms with Crippen molar-refractivity contribution in [3.8, 4) is 5.75 Å². The summed E-state index contributed by atoms with van der Waals surface area (Å²) in [4.78, 5) is 22.2. The number of hydrogen-bond acceptors (Lipinski definition) is 4. The number of anilines is 1. The largest absolute Gasteiger partial charge is 0.484 e. The van der Waals surface area contributed by atoms with Gasteiger partial charge in [0.2, 0.25) is 0 Å². The van der Waals surface area contributed by atoms with Crippen LogP contribution in [0.25, 0.3) is 0 Å². The molecule has 0 aliphatic carbocycles. The quantitative estimate of drug-likeness (QED) is 0.679. The molecule has 2 aromatic rings. The third kappa shape index (κ3) is 4.05. The molecule has 0 aliphatic heterocycles. The Bertz CT molecular complexity index is 713. The maximum atomic E-state index is 11.8. The van der Waals surface area contributed by atoms with E-state index in [-0.39, 0.29) is 18.2 Å². The van der Waals surface area contributed by atoms with E-state index in [1.54, 1.807) is 25.1 Å². The molecule has 0 saturated heterocycles. The number of nitro benzene ring substituents is 1. The number of nitro groups is 1. The fourth-order valence-electron chi connectivity index (χ4n) is 1.93. The van der Waals surface area contributed by atoms with Gasteiger partial charge < -0.3 is 10.1 Å². The summed E-state index contributed by atoms with van der Waals surface area (Å²) < 4.78 is 5.38. The first-order valence-corrected chi connectivity index (χ1v) is 6.70. The molecule has 0 aromatic heterocycles. The Balaban J connectivity index is 1.97. The van der Waals surface area contributed by atoms with Crippen molar-refractivity contribution in [1.82, 2.24) is 0 Å². The maximum absolute atomic E-state index is 11.8. The molecular formula is C16H16N2O4. The number of carbonyl (C=O) groups is 1. The number of rotatable bonds is 5. The van der Waals surface area contributed by atoms with Crippen molar-refractivity contribution in [2.24, 2.45) is 0 Å². The lowest BCUT2D eigenvalue weighted by Gasteiger charge is -2.08. The van der Waals surface area contributed by atoms with Gasteiger partial charge in [0, 0.05) is 17.3 Å². The molecule has 0 saturated carbocycles. The van der Waals surface area contributed by atoms with Gasteiger partial charge in [0.15, 0.2) is 6.61 Å². The first kappa shape index (κ1) is 15.5. The summed E-state index contributed by atoms with van der Waals surface area (Å²) in [6, 6.07) is 11.9. The first-order chi connectivity index (χ1) is 10.5. The molecule has 0 radical (unpaired) electrons. The molecular weight excluding hydrogens is 284 g/mol. The minimum atomic E-state index is -0.478. The zero-order chi connectivity index (χ0) is 16.1. The Labute approximate surface area is 127 Å². The molecule has 0 unspecified atom stereocenters. The second kappa shape index (κ2) is 6.71. The van der Waals surface area contributed by atoms with Gasteiger partial charge in [-0.05, 0) is 37.6 Å². The Morgan fingerprint density at radius 3 is 2.68 bits per heavy atom. The average Bonchev–Trinajstić information content (AvgIpc) is 2.47. The summed E-state index contributed by atoms with van der Waals surface area (Å²) in [5, 5.41) is 13.5. The minimum absolute atomic E-state index is 0.0302. The highest BCUT2D eigenvalue weighted by Gasteiger charge is 2.12. The summed E-state index contributed by atoms with van der Waals surface area (Å²) in [5.74, 6) is 0.227. The molecule has 2 aromatic carbocycles. The number of carbonyl (C=O) groups excluding carboxylic acids is 1. The first-order valence-electron chi connectivity index (χ1n) is 6.70. The smallest absolute Gasteiger partial charge is 0.274 e. The summed E-state index contributed by atoms with van der Waals surface area (Å²) in [5.41, 5.74) is 1.92. The lowest BCUT2D eigenvalue weighted by atomic mass is 10.2. The van der Waals surface area contributed by atoms with E-state index in [1.165, 1.54) is 6.07 Å². The molecule has 0 bridgehead atoms. The van der Waals surface area contributed by atoms with Crippen molar-refractivity contribution in [1.29, 1.82) is 0 Å². The Morgan fingerprint density at radius 2 is 2.00 bits per heavy atom. The number of hydrogen-bond donors (Lipinski definition) is 1. The van der Waals surface area contributed by atoms with Crippen molar-refractivity contribution in [2.75, 3.05) is 11.9 Å². The molecule has 114 valence electrons. The van der Waals surface area contributed by atoms with E-state index >= 15 is 0 Å². The molecule has 0 fully saturated rings. The molecule has 1 amide bonds. The molecule has 0 heterocycles. The van der Waals surface area contributed by atoms with Crippen LogP contribution in [-0.4, -0.2) is 17.4 Å². The van der Waals surface area contributed by atoms with Gasteiger partial charge in [-0.1, -0.05) is 18.2 Å². The van der Waals surface area contributed by atoms with E-state index in [0.29, 0.717) is 17.0 Å². The van der Waals surface area contributed by atoms with Crippen LogP contribution in [-0.2, 0) is 4.79 Å². The van der Waals surface area contributed by atoms with Gasteiger partial charge in [-0.3, -0.25) is 14.9 Å². The topological polar surface area (TPSA) is 81.5 Å². The Kier molecular flexibility index (Phi) is 4.73. The fraction of sp³-hybridized carbons (Fsp3) is 0.188. The normalized spacial score (nSPS) is 10.1. The summed E-state index contributed by atoms with van der Waals surface area (Å²) in [7, 11) is 0. The number of ether oxygens (including phenoxy) is 1. The average molecular weight is 300 g/mol. The molecule has 6 heteroatoms. The fourth-order valence-corrected chi connectivity index (χ4v) is 1.93. The predicted molar refractivity (Wildman–Crippen MR) is 83.1 cm³/mol. The lowest BCUT2D eigenvalue weighted by Crippen LogP contribution is -2.20. The van der Waals surface area contributed by atoms with Gasteiger partial charge in [-0.15, -0.1) is 0 Å². The molecule has 2 rings (SSSR count). The van der Waals surface area contributed by atoms with Gasteiger partial charge in [0.05, 0.1) is 4.92 Å². The van der Waals surface area contributed by atoms with E-state index in [0.717, 1.165) is 5.56 Å². The third-order valence-corrected chi connectivity index (χ3v) is 3.05. The van der Waals surface area contributed by atoms with Crippen LogP contribution in [0, 0.1) is 24.0 Å². The lowest BCUT2D eigenvalue weighted by molar-refractivity contribution is -0.385. The molecule has 0 spiro atoms. The van der Waals surface area contributed by atoms with E-state index in [2.05, 4.69) is 5.32 Å². The van der Waals surface area contributed by atoms with Crippen molar-refractivity contribution < 1.29 is 14.5 Å². The highest BCUT2D eigenvalue weighted by molar-refractivity contribution is 5.92. The van der Waals surface area contributed by atoms with Crippen molar-refractivity contribution in [2.45, 2.75) is 13.8 Å². The molecule has 0 atom stereocenters. The van der Waals surface area contributed by atoms with Crippen LogP contribution >= 0.6 is 0 Å². The van der Waals surface area contributed by atoms with Gasteiger partial charge >= 0.3 is 0 Å². The third-order valence-electron chi connectivity index (χ3n) is 3.05. The van der Waals surface area contributed by atoms with Crippen LogP contribution in [0.15, 0.2) is 42.5 Å². The van der Waals surface area contributed by atoms with E-state index in [1.807, 2.05) is 25.1 Å². The second-order valence-corrected chi connectivity index (χ2v) is 4.91. The van der Waals surface area contributed by atoms with Crippen LogP contribution in [0.2, 0.25) is 0 Å². The van der Waals surface area contributed by atoms with Gasteiger partial charge in [0.1, 0.15) is 5.75 Å². The summed E-state index contributed by atoms with van der Waals surface area (Å²) >= 11 is 0. The summed E-state index contributed by atoms with van der Waals surface area (Å²) in [6.45, 7) is 3.41. The highest BCUT2D eigenvalue weighted by atomic mass is 16.6. The van der Waals surface area contributed by atoms with Gasteiger partial charge in [-0.25, -0.2) is 0 Å². The monoisotopic (exact) mass is 300 g/mol. The number of benzene rings is 2. The minimum Gasteiger partial charge on any atom is -0.484 e. The predicted octanol–water partition coefficient (Wildman–Crippen LogP) is 3.23. The van der Waals surface area contributed by atoms with Crippen molar-refractivity contribution >= 4 is 17.3 Å². The maximum Gasteiger partial charge on any atom is 0.274 e. The SMILES string of the molecule is Cc1cccc(OCC(=O)Nc2ccc(C)c([N+](=O)[O-])c2)c1. The van der Waals surface area contributed by atoms with E-state index < -0.39 is 4.92 Å². The van der Waals surface area contributed by atoms with Crippen molar-refractivity contribution in [3.63, 3.8) is 0 Å². The van der Waals surface area contributed by atoms with E-state index in [4.69, 9.17) is 4.74 Å². The van der Waals surface area contributed by atoms with Crippen LogP contribution in [0.4, 0.5) is 11.4 Å². The molecule has 22 heavy (non-hydrogen) atoms. The number of nitrogens with one attached hydrogen (secondary N) is 1. The number of nitrogens with zero attached hydrogens (tertiary/aromatic N) is 1. The number of amides is 1. The number of aryl methyl sites for hydroxylation is 2. The van der Waals surface area contributed by atoms with Gasteiger partial charge in [-0.2, -0.15) is 0 Å². The second-order valence-electron chi connectivity index (χ2n) is 4.91. The van der Waals surface area contributed by atoms with Crippen molar-refractivity contribution in [3.05, 3.63) is 63.7 Å². The molecule has 6 nitrogen and oxygen atoms in total. The van der Waals surface area contributed by atoms with Gasteiger partial charge in [0.25, 0.3) is 11.6 Å². The van der Waals surface area contributed by atoms with Crippen LogP contribution in [0.1, 0.15) is 11.1 Å². The zero-order valence-corrected chi connectivity index (χ0v) is 12.3. The Hall–Kier alpha value is -2.89. The van der Waals surface area contributed by atoms with Crippen LogP contribution < -0.4 is 10.1 Å². The standard InChI is InChI=1S/C16H16N2O4/c1-11-4-3-5-14(8-11)22-10-16(19)17-13-7-6-12(2)15(9-13)18(20)21/h3-9H,10H2,1-2H3,(H,17,19). The van der Waals surface area contributed by atoms with Crippen LogP contribution in [0.5, 0.6) is 5.75 Å². The highest BCUT2D eigenvalue weighted by Crippen LogP contribution is 2.22.